The van der Waals surface area contributed by atoms with Gasteiger partial charge in [-0.05, 0) is 5.56 Å². The zero-order valence-electron chi connectivity index (χ0n) is 18.4. The molecule has 0 spiro atoms. The summed E-state index contributed by atoms with van der Waals surface area (Å²) >= 11 is 0.714. The average molecular weight is 525 g/mol. The highest BCUT2D eigenvalue weighted by atomic mass is 32.1. The number of aromatic nitrogens is 1. The number of rotatable bonds is 9. The predicted molar refractivity (Wildman–Crippen MR) is 125 cm³/mol. The Morgan fingerprint density at radius 2 is 1.44 bits per heavy atom. The van der Waals surface area contributed by atoms with Crippen molar-refractivity contribution in [1.29, 1.82) is 0 Å². The van der Waals surface area contributed by atoms with Crippen molar-refractivity contribution in [3.05, 3.63) is 47.2 Å². The van der Waals surface area contributed by atoms with Gasteiger partial charge in [-0.1, -0.05) is 41.7 Å². The second kappa shape index (κ2) is 10.0. The number of anilines is 2. The van der Waals surface area contributed by atoms with Crippen LogP contribution in [0, 0.1) is 0 Å². The molecule has 15 heteroatoms. The smallest absolute Gasteiger partial charge is 0.230 e. The van der Waals surface area contributed by atoms with Crippen molar-refractivity contribution in [3.63, 3.8) is 0 Å². The quantitative estimate of drug-likeness (QED) is 0.0919. The van der Waals surface area contributed by atoms with Crippen molar-refractivity contribution in [2.45, 2.75) is 31.1 Å². The molecule has 0 unspecified atom stereocenters. The fourth-order valence-electron chi connectivity index (χ4n) is 3.38. The number of nitrogen functional groups attached to an aromatic ring is 1. The summed E-state index contributed by atoms with van der Waals surface area (Å²) in [5.41, 5.74) is 4.13. The summed E-state index contributed by atoms with van der Waals surface area (Å²) in [4.78, 5) is 16.0. The van der Waals surface area contributed by atoms with Crippen LogP contribution < -0.4 is 16.4 Å². The molecule has 1 amide bonds. The van der Waals surface area contributed by atoms with E-state index in [0.29, 0.717) is 16.9 Å². The number of amides is 1. The van der Waals surface area contributed by atoms with Crippen molar-refractivity contribution in [2.24, 2.45) is 0 Å². The van der Waals surface area contributed by atoms with Gasteiger partial charge in [0.15, 0.2) is 33.2 Å². The number of aliphatic hydroxyl groups is 4. The van der Waals surface area contributed by atoms with Gasteiger partial charge in [0.25, 0.3) is 0 Å². The monoisotopic (exact) mass is 524 g/mol. The second-order valence-corrected chi connectivity index (χ2v) is 8.88. The minimum absolute atomic E-state index is 0.00992. The van der Waals surface area contributed by atoms with Gasteiger partial charge in [0, 0.05) is 12.8 Å². The predicted octanol–water partition coefficient (Wildman–Crippen LogP) is -0.914. The summed E-state index contributed by atoms with van der Waals surface area (Å²) in [5.74, 6) is -11.6. The molecule has 0 aliphatic heterocycles. The summed E-state index contributed by atoms with van der Waals surface area (Å²) < 4.78 is 0. The molecule has 14 nitrogen and oxygen atoms in total. The Kier molecular flexibility index (Phi) is 7.44. The van der Waals surface area contributed by atoms with Gasteiger partial charge >= 0.3 is 0 Å². The third kappa shape index (κ3) is 6.22. The topological polar surface area (TPSA) is 262 Å². The number of nitrogens with one attached hydrogen (secondary N) is 2. The number of phenols is 4. The SMILES string of the molecule is Nc1nc(CC(=O)Nc2c(O)c(O)c(CC(O)(O)NC(O)(O)Cc3ccccc3)c(O)c2O)c(O)s1. The number of thiazole rings is 1. The van der Waals surface area contributed by atoms with Crippen LogP contribution in [0.15, 0.2) is 30.3 Å². The van der Waals surface area contributed by atoms with E-state index in [1.54, 1.807) is 35.6 Å². The summed E-state index contributed by atoms with van der Waals surface area (Å²) in [6, 6.07) is 8.02. The minimum atomic E-state index is -3.18. The summed E-state index contributed by atoms with van der Waals surface area (Å²) in [5, 5.41) is 95.1. The molecular weight excluding hydrogens is 500 g/mol. The van der Waals surface area contributed by atoms with Crippen LogP contribution in [-0.2, 0) is 24.1 Å². The number of aromatic hydroxyl groups is 5. The fraction of sp³-hybridized carbons (Fsp3) is 0.238. The molecule has 2 aromatic carbocycles. The Hall–Kier alpha value is -3.86. The van der Waals surface area contributed by atoms with Crippen LogP contribution >= 0.6 is 11.3 Å². The average Bonchev–Trinajstić information content (AvgIpc) is 3.08. The first-order valence-electron chi connectivity index (χ1n) is 10.1. The summed E-state index contributed by atoms with van der Waals surface area (Å²) in [7, 11) is 0. The second-order valence-electron chi connectivity index (χ2n) is 7.87. The van der Waals surface area contributed by atoms with Gasteiger partial charge in [0.2, 0.25) is 17.7 Å². The lowest BCUT2D eigenvalue weighted by Gasteiger charge is -2.32. The van der Waals surface area contributed by atoms with Crippen LogP contribution in [0.5, 0.6) is 28.1 Å². The van der Waals surface area contributed by atoms with E-state index in [2.05, 4.69) is 4.98 Å². The van der Waals surface area contributed by atoms with E-state index in [1.165, 1.54) is 0 Å². The standard InChI is InChI=1S/C21H24N4O10S/c22-19-23-11(18(31)36-19)6-12(26)24-13-16(29)14(27)10(15(28)17(13)30)8-21(34,35)25-20(32,33)7-9-4-2-1-3-5-9/h1-5,25,27-35H,6-8H2,(H2,22,23)(H,24,26). The normalized spacial score (nSPS) is 12.0. The maximum Gasteiger partial charge on any atom is 0.230 e. The van der Waals surface area contributed by atoms with Crippen molar-refractivity contribution < 1.29 is 50.8 Å². The zero-order valence-corrected chi connectivity index (χ0v) is 19.2. The van der Waals surface area contributed by atoms with E-state index < -0.39 is 71.2 Å². The number of hydrogen-bond acceptors (Lipinski definition) is 14. The summed E-state index contributed by atoms with van der Waals surface area (Å²) in [6.07, 6.45) is -2.20. The zero-order chi connectivity index (χ0) is 26.8. The first-order chi connectivity index (χ1) is 16.7. The minimum Gasteiger partial charge on any atom is -0.504 e. The third-order valence-corrected chi connectivity index (χ3v) is 5.63. The molecule has 0 fully saturated rings. The van der Waals surface area contributed by atoms with Gasteiger partial charge < -0.3 is 57.0 Å². The number of benzene rings is 2. The Balaban J connectivity index is 1.79. The van der Waals surface area contributed by atoms with Crippen LogP contribution in [0.25, 0.3) is 0 Å². The van der Waals surface area contributed by atoms with Gasteiger partial charge in [-0.2, -0.15) is 0 Å². The molecule has 0 radical (unpaired) electrons. The Bertz CT molecular complexity index is 1230. The number of carbonyl (C=O) groups excluding carboxylic acids is 1. The lowest BCUT2D eigenvalue weighted by Crippen LogP contribution is -2.60. The van der Waals surface area contributed by atoms with Crippen molar-refractivity contribution in [2.75, 3.05) is 11.1 Å². The van der Waals surface area contributed by atoms with E-state index in [1.807, 2.05) is 5.32 Å². The van der Waals surface area contributed by atoms with E-state index in [9.17, 15) is 50.8 Å². The molecule has 0 atom stereocenters. The molecule has 0 aliphatic carbocycles. The lowest BCUT2D eigenvalue weighted by molar-refractivity contribution is -0.284. The molecular formula is C21H24N4O10S. The van der Waals surface area contributed by atoms with E-state index in [0.717, 1.165) is 0 Å². The van der Waals surface area contributed by atoms with Crippen LogP contribution in [-0.4, -0.2) is 68.7 Å². The van der Waals surface area contributed by atoms with Gasteiger partial charge in [-0.3, -0.25) is 4.79 Å². The highest BCUT2D eigenvalue weighted by molar-refractivity contribution is 7.17. The third-order valence-electron chi connectivity index (χ3n) is 4.90. The van der Waals surface area contributed by atoms with Crippen LogP contribution in [0.4, 0.5) is 10.8 Å². The highest BCUT2D eigenvalue weighted by Crippen LogP contribution is 2.50. The summed E-state index contributed by atoms with van der Waals surface area (Å²) in [6.45, 7) is 0. The molecule has 1 aromatic heterocycles. The number of phenolic OH excluding ortho intramolecular Hbond substituents is 4. The first kappa shape index (κ1) is 26.7. The van der Waals surface area contributed by atoms with Crippen molar-refractivity contribution in [3.8, 4) is 28.1 Å². The van der Waals surface area contributed by atoms with Gasteiger partial charge in [0.1, 0.15) is 11.4 Å². The van der Waals surface area contributed by atoms with Gasteiger partial charge in [0.05, 0.1) is 12.0 Å². The van der Waals surface area contributed by atoms with Gasteiger partial charge in [-0.15, -0.1) is 0 Å². The van der Waals surface area contributed by atoms with Crippen LogP contribution in [0.1, 0.15) is 16.8 Å². The molecule has 13 N–H and O–H groups in total. The highest BCUT2D eigenvalue weighted by Gasteiger charge is 2.38. The van der Waals surface area contributed by atoms with Crippen molar-refractivity contribution in [1.82, 2.24) is 10.3 Å². The lowest BCUT2D eigenvalue weighted by atomic mass is 10.0. The Morgan fingerprint density at radius 3 is 1.97 bits per heavy atom. The molecule has 0 bridgehead atoms. The van der Waals surface area contributed by atoms with E-state index >= 15 is 0 Å². The molecule has 0 aliphatic rings. The molecule has 0 saturated carbocycles. The maximum absolute atomic E-state index is 12.3. The first-order valence-corrected chi connectivity index (χ1v) is 11.0. The number of carbonyl (C=O) groups is 1. The van der Waals surface area contributed by atoms with E-state index in [4.69, 9.17) is 5.73 Å². The Labute approximate surface area is 206 Å². The number of hydrogen-bond donors (Lipinski definition) is 12. The molecule has 194 valence electrons. The maximum atomic E-state index is 12.3. The molecule has 1 heterocycles. The largest absolute Gasteiger partial charge is 0.504 e. The fourth-order valence-corrected chi connectivity index (χ4v) is 3.97. The molecule has 0 saturated heterocycles. The molecule has 3 rings (SSSR count). The number of nitrogens with two attached hydrogens (primary N) is 1. The molecule has 3 aromatic rings. The van der Waals surface area contributed by atoms with E-state index in [-0.39, 0.29) is 15.9 Å². The van der Waals surface area contributed by atoms with Crippen LogP contribution in [0.3, 0.4) is 0 Å². The molecule has 36 heavy (non-hydrogen) atoms. The van der Waals surface area contributed by atoms with Crippen molar-refractivity contribution >= 4 is 28.1 Å². The number of nitrogens with zero attached hydrogens (tertiary/aromatic N) is 1. The van der Waals surface area contributed by atoms with Crippen LogP contribution in [0.2, 0.25) is 0 Å². The van der Waals surface area contributed by atoms with Gasteiger partial charge in [-0.25, -0.2) is 10.3 Å². The Morgan fingerprint density at radius 1 is 0.889 bits per heavy atom.